The molecule has 0 aliphatic heterocycles. The third kappa shape index (κ3) is 3.15. The summed E-state index contributed by atoms with van der Waals surface area (Å²) in [5, 5.41) is 0. The second-order valence-corrected chi connectivity index (χ2v) is 6.45. The molecule has 124 valence electrons. The summed E-state index contributed by atoms with van der Waals surface area (Å²) in [7, 11) is -1.47. The number of aromatic nitrogens is 2. The van der Waals surface area contributed by atoms with E-state index in [-0.39, 0.29) is 5.75 Å². The number of methoxy groups -OCH3 is 1. The number of benzene rings is 1. The maximum atomic E-state index is 11.4. The highest BCUT2D eigenvalue weighted by Gasteiger charge is 2.15. The lowest BCUT2D eigenvalue weighted by molar-refractivity contribution is -0.671. The zero-order valence-corrected chi connectivity index (χ0v) is 13.8. The van der Waals surface area contributed by atoms with Gasteiger partial charge in [0, 0.05) is 23.3 Å². The van der Waals surface area contributed by atoms with E-state index >= 15 is 0 Å². The topological polar surface area (TPSA) is 96.3 Å². The van der Waals surface area contributed by atoms with Crippen LogP contribution >= 0.6 is 0 Å². The molecular weight excluding hydrogens is 332 g/mol. The Hall–Kier alpha value is -2.71. The summed E-state index contributed by atoms with van der Waals surface area (Å²) in [5.74, 6) is 0.739. The van der Waals surface area contributed by atoms with Gasteiger partial charge in [0.1, 0.15) is 22.9 Å². The maximum Gasteiger partial charge on any atom is 0.227 e. The van der Waals surface area contributed by atoms with Crippen LogP contribution in [0.2, 0.25) is 0 Å². The fourth-order valence-electron chi connectivity index (χ4n) is 2.21. The van der Waals surface area contributed by atoms with Crippen LogP contribution in [0.15, 0.2) is 58.2 Å². The molecule has 0 N–H and O–H groups in total. The van der Waals surface area contributed by atoms with Crippen molar-refractivity contribution < 1.29 is 26.7 Å². The number of ether oxygens (including phenoxy) is 1. The first kappa shape index (κ1) is 16.2. The van der Waals surface area contributed by atoms with Gasteiger partial charge in [0.15, 0.2) is 18.2 Å². The molecule has 24 heavy (non-hydrogen) atoms. The molecule has 1 aromatic carbocycles. The van der Waals surface area contributed by atoms with Crippen molar-refractivity contribution in [1.82, 2.24) is 4.98 Å². The van der Waals surface area contributed by atoms with E-state index < -0.39 is 15.0 Å². The number of hydrogen-bond donors (Lipinski definition) is 0. The molecule has 7 nitrogen and oxygen atoms in total. The van der Waals surface area contributed by atoms with E-state index in [1.165, 1.54) is 25.4 Å². The summed E-state index contributed by atoms with van der Waals surface area (Å²) in [6.45, 7) is 0. The average molecular weight is 346 g/mol. The van der Waals surface area contributed by atoms with Crippen molar-refractivity contribution in [2.45, 2.75) is 4.90 Å². The summed E-state index contributed by atoms with van der Waals surface area (Å²) in [5.41, 5.74) is 1.20. The monoisotopic (exact) mass is 346 g/mol. The minimum atomic E-state index is -4.67. The molecule has 0 saturated heterocycles. The van der Waals surface area contributed by atoms with Crippen LogP contribution in [0.4, 0.5) is 0 Å². The van der Waals surface area contributed by atoms with Gasteiger partial charge in [0.05, 0.1) is 18.2 Å². The first-order valence-electron chi connectivity index (χ1n) is 6.94. The summed E-state index contributed by atoms with van der Waals surface area (Å²) in [4.78, 5) is 3.75. The molecule has 0 aliphatic rings. The number of hydrogen-bond acceptors (Lipinski definition) is 6. The van der Waals surface area contributed by atoms with Crippen molar-refractivity contribution in [3.05, 3.63) is 48.9 Å². The molecule has 0 aliphatic carbocycles. The number of nitrogens with zero attached hydrogens (tertiary/aromatic N) is 2. The molecule has 0 atom stereocenters. The van der Waals surface area contributed by atoms with Gasteiger partial charge in [-0.15, -0.1) is 0 Å². The Labute approximate surface area is 138 Å². The smallest absolute Gasteiger partial charge is 0.227 e. The van der Waals surface area contributed by atoms with Crippen LogP contribution in [-0.4, -0.2) is 25.1 Å². The van der Waals surface area contributed by atoms with Crippen LogP contribution in [0.3, 0.4) is 0 Å². The molecule has 0 spiro atoms. The molecule has 8 heteroatoms. The SMILES string of the molecule is COc1ccc(-c2cnc(-c3cc[n+](C)cc3)o2)cc1S(=O)(=O)[O-]. The summed E-state index contributed by atoms with van der Waals surface area (Å²) < 4.78 is 46.6. The van der Waals surface area contributed by atoms with Gasteiger partial charge in [0.25, 0.3) is 0 Å². The predicted molar refractivity (Wildman–Crippen MR) is 83.1 cm³/mol. The molecular formula is C16H14N2O5S. The Morgan fingerprint density at radius 1 is 1.17 bits per heavy atom. The molecule has 0 unspecified atom stereocenters. The molecule has 2 heterocycles. The third-order valence-electron chi connectivity index (χ3n) is 3.45. The zero-order valence-electron chi connectivity index (χ0n) is 13.0. The van der Waals surface area contributed by atoms with Crippen molar-refractivity contribution in [3.63, 3.8) is 0 Å². The average Bonchev–Trinajstić information content (AvgIpc) is 3.04. The van der Waals surface area contributed by atoms with Gasteiger partial charge in [-0.05, 0) is 18.2 Å². The maximum absolute atomic E-state index is 11.4. The fourth-order valence-corrected chi connectivity index (χ4v) is 2.88. The van der Waals surface area contributed by atoms with Crippen molar-refractivity contribution in [2.75, 3.05) is 7.11 Å². The number of aryl methyl sites for hydroxylation is 1. The molecule has 3 aromatic rings. The van der Waals surface area contributed by atoms with Gasteiger partial charge in [-0.3, -0.25) is 0 Å². The summed E-state index contributed by atoms with van der Waals surface area (Å²) in [6, 6.07) is 7.92. The van der Waals surface area contributed by atoms with Crippen molar-refractivity contribution in [1.29, 1.82) is 0 Å². The molecule has 3 rings (SSSR count). The Bertz CT molecular complexity index is 978. The minimum Gasteiger partial charge on any atom is -0.744 e. The van der Waals surface area contributed by atoms with E-state index in [2.05, 4.69) is 4.98 Å². The highest BCUT2D eigenvalue weighted by atomic mass is 32.2. The van der Waals surface area contributed by atoms with Crippen molar-refractivity contribution >= 4 is 10.1 Å². The number of oxazole rings is 1. The van der Waals surface area contributed by atoms with Crippen LogP contribution in [0, 0.1) is 0 Å². The van der Waals surface area contributed by atoms with Crippen LogP contribution in [0.5, 0.6) is 5.75 Å². The lowest BCUT2D eigenvalue weighted by Gasteiger charge is -2.12. The largest absolute Gasteiger partial charge is 0.744 e. The number of rotatable bonds is 4. The van der Waals surface area contributed by atoms with Crippen LogP contribution in [0.1, 0.15) is 0 Å². The Kier molecular flexibility index (Phi) is 4.08. The van der Waals surface area contributed by atoms with E-state index in [0.717, 1.165) is 5.56 Å². The summed E-state index contributed by atoms with van der Waals surface area (Å²) >= 11 is 0. The van der Waals surface area contributed by atoms with E-state index in [4.69, 9.17) is 9.15 Å². The lowest BCUT2D eigenvalue weighted by atomic mass is 10.2. The second-order valence-electron chi connectivity index (χ2n) is 5.10. The van der Waals surface area contributed by atoms with Gasteiger partial charge < -0.3 is 13.7 Å². The zero-order chi connectivity index (χ0) is 17.3. The first-order chi connectivity index (χ1) is 11.4. The Morgan fingerprint density at radius 2 is 1.88 bits per heavy atom. The van der Waals surface area contributed by atoms with Gasteiger partial charge >= 0.3 is 0 Å². The van der Waals surface area contributed by atoms with Gasteiger partial charge in [0.2, 0.25) is 5.89 Å². The van der Waals surface area contributed by atoms with Crippen LogP contribution < -0.4 is 9.30 Å². The highest BCUT2D eigenvalue weighted by Crippen LogP contribution is 2.31. The lowest BCUT2D eigenvalue weighted by Crippen LogP contribution is -2.25. The second kappa shape index (κ2) is 6.06. The van der Waals surface area contributed by atoms with Crippen LogP contribution in [-0.2, 0) is 17.2 Å². The molecule has 2 aromatic heterocycles. The van der Waals surface area contributed by atoms with Gasteiger partial charge in [-0.25, -0.2) is 18.0 Å². The van der Waals surface area contributed by atoms with Crippen molar-refractivity contribution in [2.24, 2.45) is 7.05 Å². The van der Waals surface area contributed by atoms with Gasteiger partial charge in [-0.1, -0.05) is 0 Å². The Morgan fingerprint density at radius 3 is 2.50 bits per heavy atom. The van der Waals surface area contributed by atoms with E-state index in [1.54, 1.807) is 6.07 Å². The molecule has 0 bridgehead atoms. The Balaban J connectivity index is 2.03. The molecule has 0 amide bonds. The first-order valence-corrected chi connectivity index (χ1v) is 8.35. The highest BCUT2D eigenvalue weighted by molar-refractivity contribution is 7.85. The predicted octanol–water partition coefficient (Wildman–Crippen LogP) is 1.75. The standard InChI is InChI=1S/C16H14N2O5S/c1-18-7-5-11(6-8-18)16-17-10-14(23-16)12-3-4-13(22-2)15(9-12)24(19,20)21/h3-10H,1-2H3. The third-order valence-corrected chi connectivity index (χ3v) is 4.31. The van der Waals surface area contributed by atoms with E-state index in [0.29, 0.717) is 17.2 Å². The van der Waals surface area contributed by atoms with Gasteiger partial charge in [-0.2, -0.15) is 0 Å². The number of pyridine rings is 1. The van der Waals surface area contributed by atoms with E-state index in [9.17, 15) is 13.0 Å². The fraction of sp³-hybridized carbons (Fsp3) is 0.125. The molecule has 0 saturated carbocycles. The molecule has 0 radical (unpaired) electrons. The van der Waals surface area contributed by atoms with Crippen molar-refractivity contribution in [3.8, 4) is 28.5 Å². The normalized spacial score (nSPS) is 11.5. The van der Waals surface area contributed by atoms with Crippen LogP contribution in [0.25, 0.3) is 22.8 Å². The quantitative estimate of drug-likeness (QED) is 0.527. The summed E-state index contributed by atoms with van der Waals surface area (Å²) in [6.07, 6.45) is 5.19. The van der Waals surface area contributed by atoms with E-state index in [1.807, 2.05) is 36.1 Å². The molecule has 0 fully saturated rings. The minimum absolute atomic E-state index is 0.0101.